The SMILES string of the molecule is Cc1cc(N)ccc1NC(=O)C(C)Oc1ccccc1. The number of hydrogen-bond donors (Lipinski definition) is 2. The smallest absolute Gasteiger partial charge is 0.265 e. The maximum Gasteiger partial charge on any atom is 0.265 e. The summed E-state index contributed by atoms with van der Waals surface area (Å²) in [4.78, 5) is 12.1. The third kappa shape index (κ3) is 3.51. The summed E-state index contributed by atoms with van der Waals surface area (Å²) in [7, 11) is 0. The van der Waals surface area contributed by atoms with Gasteiger partial charge in [-0.1, -0.05) is 18.2 Å². The number of nitrogens with two attached hydrogens (primary N) is 1. The molecule has 0 aliphatic carbocycles. The fraction of sp³-hybridized carbons (Fsp3) is 0.188. The van der Waals surface area contributed by atoms with Crippen molar-refractivity contribution in [2.24, 2.45) is 0 Å². The summed E-state index contributed by atoms with van der Waals surface area (Å²) in [6.45, 7) is 3.61. The molecule has 0 aliphatic heterocycles. The van der Waals surface area contributed by atoms with E-state index in [0.717, 1.165) is 11.3 Å². The Kier molecular flexibility index (Phi) is 4.25. The summed E-state index contributed by atoms with van der Waals surface area (Å²) in [6.07, 6.45) is -0.575. The van der Waals surface area contributed by atoms with Crippen molar-refractivity contribution in [3.63, 3.8) is 0 Å². The molecule has 0 aliphatic rings. The van der Waals surface area contributed by atoms with Crippen LogP contribution in [0.15, 0.2) is 48.5 Å². The van der Waals surface area contributed by atoms with E-state index >= 15 is 0 Å². The number of amides is 1. The maximum absolute atomic E-state index is 12.1. The van der Waals surface area contributed by atoms with Gasteiger partial charge >= 0.3 is 0 Å². The second-order valence-electron chi connectivity index (χ2n) is 4.64. The van der Waals surface area contributed by atoms with Crippen molar-refractivity contribution < 1.29 is 9.53 Å². The highest BCUT2D eigenvalue weighted by Gasteiger charge is 2.15. The number of nitrogens with one attached hydrogen (secondary N) is 1. The molecule has 0 saturated carbocycles. The molecule has 104 valence electrons. The topological polar surface area (TPSA) is 64.3 Å². The highest BCUT2D eigenvalue weighted by Crippen LogP contribution is 2.18. The largest absolute Gasteiger partial charge is 0.481 e. The summed E-state index contributed by atoms with van der Waals surface area (Å²) in [5.41, 5.74) is 8.02. The van der Waals surface area contributed by atoms with E-state index in [9.17, 15) is 4.79 Å². The van der Waals surface area contributed by atoms with E-state index in [1.807, 2.05) is 43.3 Å². The Labute approximate surface area is 118 Å². The molecule has 1 unspecified atom stereocenters. The molecule has 0 fully saturated rings. The summed E-state index contributed by atoms with van der Waals surface area (Å²) >= 11 is 0. The Morgan fingerprint density at radius 3 is 2.55 bits per heavy atom. The maximum atomic E-state index is 12.1. The number of carbonyl (C=O) groups excluding carboxylic acids is 1. The van der Waals surface area contributed by atoms with Crippen molar-refractivity contribution in [3.8, 4) is 5.75 Å². The Hall–Kier alpha value is -2.49. The first-order chi connectivity index (χ1) is 9.56. The van der Waals surface area contributed by atoms with Gasteiger partial charge in [0, 0.05) is 11.4 Å². The van der Waals surface area contributed by atoms with E-state index in [1.165, 1.54) is 0 Å². The molecule has 0 aromatic heterocycles. The first-order valence-electron chi connectivity index (χ1n) is 6.45. The van der Waals surface area contributed by atoms with Gasteiger partial charge < -0.3 is 15.8 Å². The molecule has 0 radical (unpaired) electrons. The Balaban J connectivity index is 2.01. The minimum absolute atomic E-state index is 0.193. The predicted octanol–water partition coefficient (Wildman–Crippen LogP) is 2.98. The monoisotopic (exact) mass is 270 g/mol. The molecular formula is C16H18N2O2. The zero-order valence-corrected chi connectivity index (χ0v) is 11.6. The van der Waals surface area contributed by atoms with E-state index in [2.05, 4.69) is 5.32 Å². The molecule has 3 N–H and O–H groups in total. The van der Waals surface area contributed by atoms with Crippen LogP contribution < -0.4 is 15.8 Å². The Morgan fingerprint density at radius 2 is 1.90 bits per heavy atom. The van der Waals surface area contributed by atoms with Gasteiger partial charge in [-0.15, -0.1) is 0 Å². The van der Waals surface area contributed by atoms with E-state index in [4.69, 9.17) is 10.5 Å². The zero-order chi connectivity index (χ0) is 14.5. The lowest BCUT2D eigenvalue weighted by Crippen LogP contribution is -2.30. The third-order valence-corrected chi connectivity index (χ3v) is 2.93. The van der Waals surface area contributed by atoms with Gasteiger partial charge in [-0.05, 0) is 49.7 Å². The number of hydrogen-bond acceptors (Lipinski definition) is 3. The van der Waals surface area contributed by atoms with Gasteiger partial charge in [-0.3, -0.25) is 4.79 Å². The van der Waals surface area contributed by atoms with Crippen molar-refractivity contribution >= 4 is 17.3 Å². The molecular weight excluding hydrogens is 252 g/mol. The molecule has 20 heavy (non-hydrogen) atoms. The standard InChI is InChI=1S/C16H18N2O2/c1-11-10-13(17)8-9-15(11)18-16(19)12(2)20-14-6-4-3-5-7-14/h3-10,12H,17H2,1-2H3,(H,18,19). The van der Waals surface area contributed by atoms with Crippen LogP contribution >= 0.6 is 0 Å². The van der Waals surface area contributed by atoms with Gasteiger partial charge in [0.2, 0.25) is 0 Å². The predicted molar refractivity (Wildman–Crippen MR) is 80.8 cm³/mol. The number of benzene rings is 2. The van der Waals surface area contributed by atoms with Gasteiger partial charge in [0.25, 0.3) is 5.91 Å². The lowest BCUT2D eigenvalue weighted by Gasteiger charge is -2.15. The highest BCUT2D eigenvalue weighted by atomic mass is 16.5. The van der Waals surface area contributed by atoms with Gasteiger partial charge in [0.15, 0.2) is 6.10 Å². The molecule has 2 rings (SSSR count). The Morgan fingerprint density at radius 1 is 1.20 bits per heavy atom. The zero-order valence-electron chi connectivity index (χ0n) is 11.6. The van der Waals surface area contributed by atoms with E-state index in [0.29, 0.717) is 11.4 Å². The summed E-state index contributed by atoms with van der Waals surface area (Å²) in [5.74, 6) is 0.478. The van der Waals surface area contributed by atoms with Crippen LogP contribution in [-0.4, -0.2) is 12.0 Å². The first-order valence-corrected chi connectivity index (χ1v) is 6.45. The van der Waals surface area contributed by atoms with Gasteiger partial charge in [0.1, 0.15) is 5.75 Å². The molecule has 4 heteroatoms. The molecule has 0 saturated heterocycles. The molecule has 1 atom stereocenters. The second-order valence-corrected chi connectivity index (χ2v) is 4.64. The quantitative estimate of drug-likeness (QED) is 0.839. The number of carbonyl (C=O) groups is 1. The fourth-order valence-electron chi connectivity index (χ4n) is 1.82. The van der Waals surface area contributed by atoms with Crippen LogP contribution in [0.3, 0.4) is 0 Å². The van der Waals surface area contributed by atoms with Crippen LogP contribution in [0.25, 0.3) is 0 Å². The van der Waals surface area contributed by atoms with Crippen LogP contribution in [0.5, 0.6) is 5.75 Å². The minimum Gasteiger partial charge on any atom is -0.481 e. The molecule has 1 amide bonds. The number of nitrogen functional groups attached to an aromatic ring is 1. The molecule has 2 aromatic carbocycles. The van der Waals surface area contributed by atoms with Gasteiger partial charge in [-0.25, -0.2) is 0 Å². The van der Waals surface area contributed by atoms with E-state index < -0.39 is 6.10 Å². The second kappa shape index (κ2) is 6.10. The van der Waals surface area contributed by atoms with Crippen LogP contribution in [0.4, 0.5) is 11.4 Å². The van der Waals surface area contributed by atoms with Crippen molar-refractivity contribution in [1.82, 2.24) is 0 Å². The van der Waals surface area contributed by atoms with Crippen molar-refractivity contribution in [2.75, 3.05) is 11.1 Å². The third-order valence-electron chi connectivity index (χ3n) is 2.93. The minimum atomic E-state index is -0.575. The first kappa shape index (κ1) is 13.9. The van der Waals surface area contributed by atoms with Crippen molar-refractivity contribution in [2.45, 2.75) is 20.0 Å². The Bertz CT molecular complexity index is 597. The fourth-order valence-corrected chi connectivity index (χ4v) is 1.82. The van der Waals surface area contributed by atoms with Gasteiger partial charge in [-0.2, -0.15) is 0 Å². The molecule has 2 aromatic rings. The molecule has 0 spiro atoms. The van der Waals surface area contributed by atoms with Crippen LogP contribution in [0.2, 0.25) is 0 Å². The number of aryl methyl sites for hydroxylation is 1. The van der Waals surface area contributed by atoms with Gasteiger partial charge in [0.05, 0.1) is 0 Å². The molecule has 4 nitrogen and oxygen atoms in total. The van der Waals surface area contributed by atoms with Crippen LogP contribution in [0.1, 0.15) is 12.5 Å². The van der Waals surface area contributed by atoms with Crippen molar-refractivity contribution in [1.29, 1.82) is 0 Å². The lowest BCUT2D eigenvalue weighted by atomic mass is 10.1. The van der Waals surface area contributed by atoms with Crippen molar-refractivity contribution in [3.05, 3.63) is 54.1 Å². The van der Waals surface area contributed by atoms with E-state index in [1.54, 1.807) is 19.1 Å². The number of ether oxygens (including phenoxy) is 1. The van der Waals surface area contributed by atoms with Crippen LogP contribution in [-0.2, 0) is 4.79 Å². The molecule has 0 heterocycles. The van der Waals surface area contributed by atoms with Crippen LogP contribution in [0, 0.1) is 6.92 Å². The lowest BCUT2D eigenvalue weighted by molar-refractivity contribution is -0.122. The summed E-state index contributed by atoms with van der Waals surface area (Å²) in [5, 5.41) is 2.84. The average Bonchev–Trinajstić information content (AvgIpc) is 2.43. The number of rotatable bonds is 4. The highest BCUT2D eigenvalue weighted by molar-refractivity contribution is 5.94. The average molecular weight is 270 g/mol. The summed E-state index contributed by atoms with van der Waals surface area (Å²) < 4.78 is 5.58. The summed E-state index contributed by atoms with van der Waals surface area (Å²) in [6, 6.07) is 14.6. The normalized spacial score (nSPS) is 11.7. The number of anilines is 2. The molecule has 0 bridgehead atoms. The number of para-hydroxylation sites is 1. The van der Waals surface area contributed by atoms with E-state index in [-0.39, 0.29) is 5.91 Å².